The molecule has 98 valence electrons. The van der Waals surface area contributed by atoms with Crippen LogP contribution in [0.25, 0.3) is 5.82 Å². The van der Waals surface area contributed by atoms with Crippen LogP contribution in [0.15, 0.2) is 24.4 Å². The summed E-state index contributed by atoms with van der Waals surface area (Å²) in [5, 5.41) is 4.35. The molecular weight excluding hydrogens is 242 g/mol. The lowest BCUT2D eigenvalue weighted by atomic mass is 10.1. The fraction of sp³-hybridized carbons (Fsp3) is 0.308. The molecule has 0 spiro atoms. The Kier molecular flexibility index (Phi) is 2.79. The maximum atomic E-state index is 11.5. The van der Waals surface area contributed by atoms with Crippen LogP contribution in [0, 0.1) is 0 Å². The van der Waals surface area contributed by atoms with Crippen LogP contribution in [-0.2, 0) is 13.0 Å². The van der Waals surface area contributed by atoms with Crippen molar-refractivity contribution in [1.82, 2.24) is 19.7 Å². The number of carbonyl (C=O) groups excluding carboxylic acids is 1. The molecule has 2 aromatic rings. The Hall–Kier alpha value is -2.21. The first kappa shape index (κ1) is 11.9. The highest BCUT2D eigenvalue weighted by atomic mass is 16.1. The SMILES string of the molecule is CN1CCc2c(c(C(N)=O)nn2-c2ccccn2)C1. The second kappa shape index (κ2) is 4.47. The van der Waals surface area contributed by atoms with E-state index in [9.17, 15) is 4.79 Å². The number of nitrogens with zero attached hydrogens (tertiary/aromatic N) is 4. The first-order valence-electron chi connectivity index (χ1n) is 6.17. The highest BCUT2D eigenvalue weighted by Crippen LogP contribution is 2.23. The molecule has 0 radical (unpaired) electrons. The average Bonchev–Trinajstić information content (AvgIpc) is 2.78. The van der Waals surface area contributed by atoms with Gasteiger partial charge in [-0.2, -0.15) is 5.10 Å². The fourth-order valence-corrected chi connectivity index (χ4v) is 2.42. The Morgan fingerprint density at radius 1 is 1.42 bits per heavy atom. The van der Waals surface area contributed by atoms with Gasteiger partial charge < -0.3 is 10.6 Å². The summed E-state index contributed by atoms with van der Waals surface area (Å²) in [6, 6.07) is 5.62. The molecule has 0 saturated heterocycles. The molecule has 0 atom stereocenters. The summed E-state index contributed by atoms with van der Waals surface area (Å²) < 4.78 is 1.74. The lowest BCUT2D eigenvalue weighted by Crippen LogP contribution is -2.28. The minimum absolute atomic E-state index is 0.354. The van der Waals surface area contributed by atoms with E-state index < -0.39 is 5.91 Å². The van der Waals surface area contributed by atoms with Gasteiger partial charge in [0.2, 0.25) is 0 Å². The van der Waals surface area contributed by atoms with Gasteiger partial charge in [0, 0.05) is 31.3 Å². The molecule has 0 aliphatic carbocycles. The second-order valence-electron chi connectivity index (χ2n) is 4.73. The third-order valence-corrected chi connectivity index (χ3v) is 3.35. The smallest absolute Gasteiger partial charge is 0.269 e. The van der Waals surface area contributed by atoms with Gasteiger partial charge in [0.05, 0.1) is 5.69 Å². The van der Waals surface area contributed by atoms with Crippen molar-refractivity contribution in [3.63, 3.8) is 0 Å². The Morgan fingerprint density at radius 3 is 2.95 bits per heavy atom. The second-order valence-corrected chi connectivity index (χ2v) is 4.73. The van der Waals surface area contributed by atoms with Gasteiger partial charge in [-0.05, 0) is 19.2 Å². The van der Waals surface area contributed by atoms with Gasteiger partial charge in [-0.25, -0.2) is 9.67 Å². The van der Waals surface area contributed by atoms with E-state index in [-0.39, 0.29) is 0 Å². The van der Waals surface area contributed by atoms with E-state index >= 15 is 0 Å². The summed E-state index contributed by atoms with van der Waals surface area (Å²) in [7, 11) is 2.02. The van der Waals surface area contributed by atoms with Gasteiger partial charge in [-0.1, -0.05) is 6.07 Å². The summed E-state index contributed by atoms with van der Waals surface area (Å²) >= 11 is 0. The van der Waals surface area contributed by atoms with Crippen molar-refractivity contribution >= 4 is 5.91 Å². The maximum absolute atomic E-state index is 11.5. The number of primary amides is 1. The molecule has 3 heterocycles. The number of hydrogen-bond donors (Lipinski definition) is 1. The van der Waals surface area contributed by atoms with Crippen LogP contribution in [0.4, 0.5) is 0 Å². The maximum Gasteiger partial charge on any atom is 0.269 e. The van der Waals surface area contributed by atoms with Crippen LogP contribution in [0.2, 0.25) is 0 Å². The Morgan fingerprint density at radius 2 is 2.26 bits per heavy atom. The fourth-order valence-electron chi connectivity index (χ4n) is 2.42. The quantitative estimate of drug-likeness (QED) is 0.842. The number of pyridine rings is 1. The molecule has 0 fully saturated rings. The zero-order valence-corrected chi connectivity index (χ0v) is 10.7. The van der Waals surface area contributed by atoms with Crippen LogP contribution in [0.3, 0.4) is 0 Å². The lowest BCUT2D eigenvalue weighted by Gasteiger charge is -2.23. The Labute approximate surface area is 110 Å². The summed E-state index contributed by atoms with van der Waals surface area (Å²) in [6.45, 7) is 1.63. The third-order valence-electron chi connectivity index (χ3n) is 3.35. The summed E-state index contributed by atoms with van der Waals surface area (Å²) in [4.78, 5) is 18.0. The predicted octanol–water partition coefficient (Wildman–Crippen LogP) is 0.354. The van der Waals surface area contributed by atoms with E-state index in [0.717, 1.165) is 30.0 Å². The van der Waals surface area contributed by atoms with Crippen molar-refractivity contribution in [3.05, 3.63) is 41.3 Å². The molecule has 2 N–H and O–H groups in total. The standard InChI is InChI=1S/C13H15N5O/c1-17-7-5-10-9(8-17)12(13(14)19)16-18(10)11-4-2-3-6-15-11/h2-4,6H,5,7-8H2,1H3,(H2,14,19). The van der Waals surface area contributed by atoms with Crippen molar-refractivity contribution in [1.29, 1.82) is 0 Å². The highest BCUT2D eigenvalue weighted by Gasteiger charge is 2.26. The van der Waals surface area contributed by atoms with Crippen molar-refractivity contribution in [2.24, 2.45) is 5.73 Å². The van der Waals surface area contributed by atoms with Gasteiger partial charge in [0.25, 0.3) is 5.91 Å². The molecule has 0 bridgehead atoms. The number of likely N-dealkylation sites (N-methyl/N-ethyl adjacent to an activating group) is 1. The van der Waals surface area contributed by atoms with E-state index in [1.807, 2.05) is 25.2 Å². The minimum Gasteiger partial charge on any atom is -0.364 e. The molecule has 1 amide bonds. The Bertz CT molecular complexity index is 619. The molecule has 3 rings (SSSR count). The first-order chi connectivity index (χ1) is 9.16. The van der Waals surface area contributed by atoms with Crippen LogP contribution in [-0.4, -0.2) is 39.2 Å². The zero-order valence-electron chi connectivity index (χ0n) is 10.7. The molecular formula is C13H15N5O. The number of rotatable bonds is 2. The van der Waals surface area contributed by atoms with Gasteiger partial charge in [-0.3, -0.25) is 4.79 Å². The van der Waals surface area contributed by atoms with Crippen LogP contribution < -0.4 is 5.73 Å². The predicted molar refractivity (Wildman–Crippen MR) is 69.9 cm³/mol. The van der Waals surface area contributed by atoms with E-state index in [4.69, 9.17) is 5.73 Å². The van der Waals surface area contributed by atoms with Gasteiger partial charge in [-0.15, -0.1) is 0 Å². The monoisotopic (exact) mass is 257 g/mol. The van der Waals surface area contributed by atoms with Crippen LogP contribution in [0.1, 0.15) is 21.7 Å². The van der Waals surface area contributed by atoms with E-state index in [1.54, 1.807) is 10.9 Å². The summed E-state index contributed by atoms with van der Waals surface area (Å²) in [5.74, 6) is 0.233. The third kappa shape index (κ3) is 2.00. The molecule has 1 aliphatic heterocycles. The van der Waals surface area contributed by atoms with Crippen LogP contribution in [0.5, 0.6) is 0 Å². The van der Waals surface area contributed by atoms with Gasteiger partial charge in [0.15, 0.2) is 11.5 Å². The first-order valence-corrected chi connectivity index (χ1v) is 6.17. The topological polar surface area (TPSA) is 77.0 Å². The van der Waals surface area contributed by atoms with Gasteiger partial charge in [0.1, 0.15) is 0 Å². The number of carbonyl (C=O) groups is 1. The molecule has 0 aromatic carbocycles. The molecule has 6 heteroatoms. The number of hydrogen-bond acceptors (Lipinski definition) is 4. The molecule has 19 heavy (non-hydrogen) atoms. The number of aromatic nitrogens is 3. The largest absolute Gasteiger partial charge is 0.364 e. The zero-order chi connectivity index (χ0) is 13.4. The lowest BCUT2D eigenvalue weighted by molar-refractivity contribution is 0.0993. The normalized spacial score (nSPS) is 15.2. The minimum atomic E-state index is -0.485. The van der Waals surface area contributed by atoms with Crippen LogP contribution >= 0.6 is 0 Å². The molecule has 2 aromatic heterocycles. The summed E-state index contributed by atoms with van der Waals surface area (Å²) in [5.41, 5.74) is 7.73. The Balaban J connectivity index is 2.17. The van der Waals surface area contributed by atoms with Crippen molar-refractivity contribution in [2.45, 2.75) is 13.0 Å². The number of amides is 1. The van der Waals surface area contributed by atoms with E-state index in [2.05, 4.69) is 15.0 Å². The molecule has 0 saturated carbocycles. The van der Waals surface area contributed by atoms with Crippen molar-refractivity contribution in [3.8, 4) is 5.82 Å². The van der Waals surface area contributed by atoms with Crippen molar-refractivity contribution < 1.29 is 4.79 Å². The summed E-state index contributed by atoms with van der Waals surface area (Å²) in [6.07, 6.45) is 2.55. The van der Waals surface area contributed by atoms with E-state index in [0.29, 0.717) is 12.2 Å². The highest BCUT2D eigenvalue weighted by molar-refractivity contribution is 5.92. The molecule has 6 nitrogen and oxygen atoms in total. The van der Waals surface area contributed by atoms with Crippen molar-refractivity contribution in [2.75, 3.05) is 13.6 Å². The number of nitrogens with two attached hydrogens (primary N) is 1. The number of fused-ring (bicyclic) bond motifs is 1. The van der Waals surface area contributed by atoms with E-state index in [1.165, 1.54) is 0 Å². The molecule has 1 aliphatic rings. The van der Waals surface area contributed by atoms with Gasteiger partial charge >= 0.3 is 0 Å². The average molecular weight is 257 g/mol. The molecule has 0 unspecified atom stereocenters.